The van der Waals surface area contributed by atoms with Crippen LogP contribution in [0.2, 0.25) is 0 Å². The molecule has 1 aliphatic rings. The zero-order valence-electron chi connectivity index (χ0n) is 20.3. The zero-order chi connectivity index (χ0) is 24.8. The summed E-state index contributed by atoms with van der Waals surface area (Å²) in [6, 6.07) is 13.2. The predicted octanol–water partition coefficient (Wildman–Crippen LogP) is 4.62. The van der Waals surface area contributed by atoms with Gasteiger partial charge >= 0.3 is 0 Å². The van der Waals surface area contributed by atoms with Gasteiger partial charge in [0.05, 0.1) is 24.9 Å². The van der Waals surface area contributed by atoms with Crippen molar-refractivity contribution in [1.82, 2.24) is 14.8 Å². The van der Waals surface area contributed by atoms with E-state index in [4.69, 9.17) is 4.74 Å². The van der Waals surface area contributed by atoms with Gasteiger partial charge in [-0.05, 0) is 69.5 Å². The van der Waals surface area contributed by atoms with Crippen LogP contribution in [0.15, 0.2) is 47.6 Å². The van der Waals surface area contributed by atoms with Crippen LogP contribution in [0.5, 0.6) is 0 Å². The Kier molecular flexibility index (Phi) is 8.20. The van der Waals surface area contributed by atoms with E-state index < -0.39 is 0 Å². The van der Waals surface area contributed by atoms with Crippen LogP contribution in [0.25, 0.3) is 0 Å². The van der Waals surface area contributed by atoms with Crippen LogP contribution in [-0.2, 0) is 22.6 Å². The molecule has 0 spiro atoms. The number of amides is 1. The van der Waals surface area contributed by atoms with Crippen molar-refractivity contribution in [3.63, 3.8) is 0 Å². The summed E-state index contributed by atoms with van der Waals surface area (Å²) in [6.07, 6.45) is 2.18. The Labute approximate surface area is 209 Å². The van der Waals surface area contributed by atoms with E-state index in [1.54, 1.807) is 24.3 Å². The molecule has 0 radical (unpaired) electrons. The van der Waals surface area contributed by atoms with Crippen molar-refractivity contribution < 1.29 is 14.3 Å². The third-order valence-electron chi connectivity index (χ3n) is 5.93. The van der Waals surface area contributed by atoms with E-state index in [2.05, 4.69) is 57.4 Å². The maximum atomic E-state index is 12.5. The molecular weight excluding hydrogens is 462 g/mol. The number of hydrogen-bond acceptors (Lipinski definition) is 7. The molecule has 1 atom stereocenters. The highest BCUT2D eigenvalue weighted by Gasteiger charge is 2.21. The van der Waals surface area contributed by atoms with E-state index in [-0.39, 0.29) is 23.5 Å². The van der Waals surface area contributed by atoms with Crippen LogP contribution in [-0.4, -0.2) is 44.9 Å². The van der Waals surface area contributed by atoms with Crippen molar-refractivity contribution in [1.29, 1.82) is 0 Å². The monoisotopic (exact) mass is 493 g/mol. The summed E-state index contributed by atoms with van der Waals surface area (Å²) in [5.41, 5.74) is 4.73. The number of Topliss-reactive ketones (excluding diaryl/α,β-unsaturated/α-hetero) is 1. The molecule has 9 heteroatoms. The van der Waals surface area contributed by atoms with E-state index in [0.29, 0.717) is 29.5 Å². The fourth-order valence-electron chi connectivity index (χ4n) is 4.03. The highest BCUT2D eigenvalue weighted by Crippen LogP contribution is 2.23. The molecule has 1 aliphatic heterocycles. The van der Waals surface area contributed by atoms with Gasteiger partial charge in [0.15, 0.2) is 16.8 Å². The summed E-state index contributed by atoms with van der Waals surface area (Å²) >= 11 is 1.35. The number of aryl methyl sites for hydroxylation is 2. The summed E-state index contributed by atoms with van der Waals surface area (Å²) < 4.78 is 7.91. The van der Waals surface area contributed by atoms with E-state index >= 15 is 0 Å². The summed E-state index contributed by atoms with van der Waals surface area (Å²) in [4.78, 5) is 24.0. The fraction of sp³-hybridized carbons (Fsp3) is 0.385. The molecule has 1 fully saturated rings. The number of ketones is 1. The van der Waals surface area contributed by atoms with Crippen molar-refractivity contribution >= 4 is 34.8 Å². The lowest BCUT2D eigenvalue weighted by Gasteiger charge is -2.16. The number of aromatic nitrogens is 3. The van der Waals surface area contributed by atoms with Crippen molar-refractivity contribution in [2.75, 3.05) is 23.0 Å². The number of rotatable bonds is 10. The quantitative estimate of drug-likeness (QED) is 0.314. The van der Waals surface area contributed by atoms with Crippen LogP contribution >= 0.6 is 11.8 Å². The first-order chi connectivity index (χ1) is 16.9. The average Bonchev–Trinajstić information content (AvgIpc) is 3.48. The Morgan fingerprint density at radius 1 is 1.14 bits per heavy atom. The van der Waals surface area contributed by atoms with Crippen molar-refractivity contribution in [3.05, 3.63) is 65.0 Å². The normalized spacial score (nSPS) is 15.2. The molecule has 0 unspecified atom stereocenters. The fourth-order valence-corrected chi connectivity index (χ4v) is 4.80. The summed E-state index contributed by atoms with van der Waals surface area (Å²) in [6.45, 7) is 7.64. The molecule has 2 N–H and O–H groups in total. The Balaban J connectivity index is 1.41. The molecule has 1 saturated heterocycles. The van der Waals surface area contributed by atoms with Crippen LogP contribution in [0.3, 0.4) is 0 Å². The molecule has 4 rings (SSSR count). The van der Waals surface area contributed by atoms with Gasteiger partial charge in [-0.3, -0.25) is 9.59 Å². The van der Waals surface area contributed by atoms with Gasteiger partial charge in [-0.2, -0.15) is 0 Å². The molecule has 2 heterocycles. The number of hydrogen-bond donors (Lipinski definition) is 2. The molecule has 0 aliphatic carbocycles. The number of benzene rings is 2. The molecule has 35 heavy (non-hydrogen) atoms. The minimum atomic E-state index is -0.146. The highest BCUT2D eigenvalue weighted by atomic mass is 32.2. The number of ether oxygens (including phenoxy) is 1. The van der Waals surface area contributed by atoms with Gasteiger partial charge in [0, 0.05) is 23.5 Å². The second-order valence-corrected chi connectivity index (χ2v) is 9.73. The van der Waals surface area contributed by atoms with Crippen LogP contribution in [0, 0.1) is 13.8 Å². The van der Waals surface area contributed by atoms with Crippen LogP contribution in [0.4, 0.5) is 11.4 Å². The van der Waals surface area contributed by atoms with Gasteiger partial charge in [-0.15, -0.1) is 10.2 Å². The SMILES string of the molecule is CC(=O)c1ccc(NC(=O)CSc2nnc(CNc3ccc(C)cc3C)n2C[C@H]2CCCO2)cc1. The minimum absolute atomic E-state index is 0.00755. The number of anilines is 2. The molecule has 8 nitrogen and oxygen atoms in total. The number of carbonyl (C=O) groups excluding carboxylic acids is 2. The molecule has 1 amide bonds. The first kappa shape index (κ1) is 24.9. The Morgan fingerprint density at radius 3 is 2.63 bits per heavy atom. The van der Waals surface area contributed by atoms with Crippen LogP contribution < -0.4 is 10.6 Å². The van der Waals surface area contributed by atoms with Crippen molar-refractivity contribution in [2.45, 2.75) is 58.0 Å². The number of nitrogens with zero attached hydrogens (tertiary/aromatic N) is 3. The lowest BCUT2D eigenvalue weighted by molar-refractivity contribution is -0.113. The largest absolute Gasteiger partial charge is 0.378 e. The topological polar surface area (TPSA) is 98.1 Å². The molecule has 0 saturated carbocycles. The minimum Gasteiger partial charge on any atom is -0.378 e. The maximum absolute atomic E-state index is 12.5. The van der Waals surface area contributed by atoms with Gasteiger partial charge in [0.25, 0.3) is 0 Å². The highest BCUT2D eigenvalue weighted by molar-refractivity contribution is 7.99. The number of thioether (sulfide) groups is 1. The van der Waals surface area contributed by atoms with Crippen LogP contribution in [0.1, 0.15) is 47.1 Å². The Hall–Kier alpha value is -3.17. The molecule has 3 aromatic rings. The van der Waals surface area contributed by atoms with Gasteiger partial charge in [0.2, 0.25) is 5.91 Å². The van der Waals surface area contributed by atoms with E-state index in [9.17, 15) is 9.59 Å². The lowest BCUT2D eigenvalue weighted by Crippen LogP contribution is -2.20. The third-order valence-corrected chi connectivity index (χ3v) is 6.90. The Bertz CT molecular complexity index is 1190. The van der Waals surface area contributed by atoms with Crippen molar-refractivity contribution in [3.8, 4) is 0 Å². The second-order valence-electron chi connectivity index (χ2n) is 8.79. The third kappa shape index (κ3) is 6.70. The van der Waals surface area contributed by atoms with Gasteiger partial charge in [0.1, 0.15) is 0 Å². The molecule has 2 aromatic carbocycles. The molecule has 184 valence electrons. The average molecular weight is 494 g/mol. The number of carbonyl (C=O) groups is 2. The van der Waals surface area contributed by atoms with E-state index in [0.717, 1.165) is 31.0 Å². The Morgan fingerprint density at radius 2 is 1.94 bits per heavy atom. The van der Waals surface area contributed by atoms with E-state index in [1.165, 1.54) is 29.8 Å². The van der Waals surface area contributed by atoms with Gasteiger partial charge in [-0.1, -0.05) is 29.5 Å². The van der Waals surface area contributed by atoms with Crippen molar-refractivity contribution in [2.24, 2.45) is 0 Å². The second kappa shape index (κ2) is 11.5. The zero-order valence-corrected chi connectivity index (χ0v) is 21.2. The number of nitrogens with one attached hydrogen (secondary N) is 2. The summed E-state index contributed by atoms with van der Waals surface area (Å²) in [7, 11) is 0. The predicted molar refractivity (Wildman–Crippen MR) is 138 cm³/mol. The molecular formula is C26H31N5O3S. The van der Waals surface area contributed by atoms with Gasteiger partial charge < -0.3 is 19.9 Å². The lowest BCUT2D eigenvalue weighted by atomic mass is 10.1. The first-order valence-corrected chi connectivity index (χ1v) is 12.8. The molecule has 0 bridgehead atoms. The maximum Gasteiger partial charge on any atom is 0.234 e. The smallest absolute Gasteiger partial charge is 0.234 e. The summed E-state index contributed by atoms with van der Waals surface area (Å²) in [5.74, 6) is 0.852. The van der Waals surface area contributed by atoms with Gasteiger partial charge in [-0.25, -0.2) is 0 Å². The first-order valence-electron chi connectivity index (χ1n) is 11.8. The summed E-state index contributed by atoms with van der Waals surface area (Å²) in [5, 5.41) is 15.8. The van der Waals surface area contributed by atoms with E-state index in [1.807, 2.05) is 0 Å². The molecule has 1 aromatic heterocycles. The standard InChI is InChI=1S/C26H31N5O3S/c1-17-6-11-23(18(2)13-17)27-14-24-29-30-26(31(24)15-22-5-4-12-34-22)35-16-25(33)28-21-9-7-20(8-10-21)19(3)32/h6-11,13,22,27H,4-5,12,14-16H2,1-3H3,(H,28,33)/t22-/m1/s1.